The predicted octanol–water partition coefficient (Wildman–Crippen LogP) is 5.15. The Kier molecular flexibility index (Phi) is 6.52. The van der Waals surface area contributed by atoms with Gasteiger partial charge >= 0.3 is 6.36 Å². The Bertz CT molecular complexity index is 1460. The topological polar surface area (TPSA) is 97.0 Å². The molecule has 4 aromatic rings. The highest BCUT2D eigenvalue weighted by Crippen LogP contribution is 2.26. The Morgan fingerprint density at radius 1 is 1.17 bits per heavy atom. The summed E-state index contributed by atoms with van der Waals surface area (Å²) in [5.41, 5.74) is 0.859. The van der Waals surface area contributed by atoms with Crippen molar-refractivity contribution in [3.05, 3.63) is 89.0 Å². The molecular formula is C24H17F4N3O4. The minimum absolute atomic E-state index is 0.0783. The van der Waals surface area contributed by atoms with E-state index in [2.05, 4.69) is 20.0 Å². The van der Waals surface area contributed by atoms with Crippen LogP contribution in [0, 0.1) is 12.7 Å². The van der Waals surface area contributed by atoms with Crippen LogP contribution in [0.25, 0.3) is 11.0 Å². The number of ether oxygens (including phenoxy) is 1. The summed E-state index contributed by atoms with van der Waals surface area (Å²) in [4.78, 5) is 21.5. The van der Waals surface area contributed by atoms with Crippen LogP contribution in [0.4, 0.5) is 28.9 Å². The molecular weight excluding hydrogens is 470 g/mol. The average Bonchev–Trinajstić information content (AvgIpc) is 2.81. The minimum atomic E-state index is -4.85. The first-order chi connectivity index (χ1) is 16.6. The van der Waals surface area contributed by atoms with Crippen molar-refractivity contribution in [2.45, 2.75) is 19.9 Å². The first kappa shape index (κ1) is 23.9. The van der Waals surface area contributed by atoms with Gasteiger partial charge in [-0.2, -0.15) is 0 Å². The lowest BCUT2D eigenvalue weighted by atomic mass is 10.1. The van der Waals surface area contributed by atoms with Crippen LogP contribution < -0.4 is 15.6 Å². The lowest BCUT2D eigenvalue weighted by molar-refractivity contribution is -0.274. The molecule has 2 N–H and O–H groups in total. The number of amides is 1. The van der Waals surface area contributed by atoms with Gasteiger partial charge in [0.05, 0.1) is 23.7 Å². The Morgan fingerprint density at radius 2 is 1.89 bits per heavy atom. The van der Waals surface area contributed by atoms with Gasteiger partial charge in [0.25, 0.3) is 5.91 Å². The number of para-hydroxylation sites is 1. The van der Waals surface area contributed by atoms with Crippen molar-refractivity contribution in [3.63, 3.8) is 0 Å². The second-order valence-corrected chi connectivity index (χ2v) is 7.32. The van der Waals surface area contributed by atoms with Crippen molar-refractivity contribution in [2.24, 2.45) is 4.99 Å². The maximum atomic E-state index is 14.1. The van der Waals surface area contributed by atoms with Gasteiger partial charge in [-0.25, -0.2) is 9.38 Å². The number of carbonyl (C=O) groups is 1. The van der Waals surface area contributed by atoms with Crippen LogP contribution in [0.3, 0.4) is 0 Å². The van der Waals surface area contributed by atoms with E-state index in [0.717, 1.165) is 12.1 Å². The normalized spacial score (nSPS) is 12.1. The van der Waals surface area contributed by atoms with Crippen molar-refractivity contribution in [1.29, 1.82) is 0 Å². The molecule has 0 radical (unpaired) electrons. The fourth-order valence-electron chi connectivity index (χ4n) is 3.25. The summed E-state index contributed by atoms with van der Waals surface area (Å²) in [5, 5.41) is 12.5. The zero-order valence-electron chi connectivity index (χ0n) is 18.1. The number of nitrogens with one attached hydrogen (secondary N) is 1. The van der Waals surface area contributed by atoms with Crippen LogP contribution in [-0.2, 0) is 6.61 Å². The Labute approximate surface area is 195 Å². The highest BCUT2D eigenvalue weighted by atomic mass is 19.4. The Morgan fingerprint density at radius 3 is 2.54 bits per heavy atom. The molecule has 0 unspecified atom stereocenters. The highest BCUT2D eigenvalue weighted by Gasteiger charge is 2.31. The second-order valence-electron chi connectivity index (χ2n) is 7.32. The van der Waals surface area contributed by atoms with Crippen molar-refractivity contribution < 1.29 is 36.6 Å². The highest BCUT2D eigenvalue weighted by molar-refractivity contribution is 6.05. The average molecular weight is 487 g/mol. The molecule has 0 fully saturated rings. The summed E-state index contributed by atoms with van der Waals surface area (Å²) in [6.45, 7) is 1.27. The lowest BCUT2D eigenvalue weighted by Gasteiger charge is -2.10. The van der Waals surface area contributed by atoms with E-state index in [4.69, 9.17) is 4.42 Å². The molecule has 4 rings (SSSR count). The zero-order valence-corrected chi connectivity index (χ0v) is 18.1. The van der Waals surface area contributed by atoms with Gasteiger partial charge in [0, 0.05) is 17.1 Å². The molecule has 0 saturated heterocycles. The molecule has 1 amide bonds. The van der Waals surface area contributed by atoms with Gasteiger partial charge in [0.15, 0.2) is 5.58 Å². The number of hydrogen-bond donors (Lipinski definition) is 2. The number of rotatable bonds is 5. The van der Waals surface area contributed by atoms with E-state index in [0.29, 0.717) is 16.6 Å². The molecule has 0 spiro atoms. The fraction of sp³-hybridized carbons (Fsp3) is 0.125. The van der Waals surface area contributed by atoms with E-state index < -0.39 is 23.8 Å². The monoisotopic (exact) mass is 487 g/mol. The molecule has 2 aromatic heterocycles. The zero-order chi connectivity index (χ0) is 25.2. The quantitative estimate of drug-likeness (QED) is 0.380. The number of halogens is 4. The van der Waals surface area contributed by atoms with Crippen LogP contribution in [0.1, 0.15) is 21.6 Å². The van der Waals surface area contributed by atoms with E-state index in [1.54, 1.807) is 6.92 Å². The summed E-state index contributed by atoms with van der Waals surface area (Å²) in [6.07, 6.45) is -3.42. The van der Waals surface area contributed by atoms with E-state index in [9.17, 15) is 27.5 Å². The van der Waals surface area contributed by atoms with Gasteiger partial charge < -0.3 is 19.6 Å². The largest absolute Gasteiger partial charge is 0.573 e. The van der Waals surface area contributed by atoms with E-state index in [-0.39, 0.29) is 34.7 Å². The number of alkyl halides is 3. The van der Waals surface area contributed by atoms with Crippen LogP contribution in [-0.4, -0.2) is 22.4 Å². The number of anilines is 1. The molecule has 0 aliphatic heterocycles. The fourth-order valence-corrected chi connectivity index (χ4v) is 3.25. The van der Waals surface area contributed by atoms with Gasteiger partial charge in [-0.3, -0.25) is 9.78 Å². The minimum Gasteiger partial charge on any atom is -0.436 e. The summed E-state index contributed by atoms with van der Waals surface area (Å²) in [7, 11) is 0. The third-order valence-corrected chi connectivity index (χ3v) is 4.89. The third-order valence-electron chi connectivity index (χ3n) is 4.89. The molecule has 0 atom stereocenters. The van der Waals surface area contributed by atoms with Gasteiger partial charge in [-0.15, -0.1) is 13.2 Å². The number of hydrogen-bond acceptors (Lipinski definition) is 6. The van der Waals surface area contributed by atoms with Crippen molar-refractivity contribution in [3.8, 4) is 5.75 Å². The summed E-state index contributed by atoms with van der Waals surface area (Å²) in [6, 6.07) is 11.6. The molecule has 35 heavy (non-hydrogen) atoms. The van der Waals surface area contributed by atoms with Crippen LogP contribution in [0.5, 0.6) is 5.75 Å². The Hall–Kier alpha value is -4.25. The van der Waals surface area contributed by atoms with E-state index >= 15 is 0 Å². The smallest absolute Gasteiger partial charge is 0.436 e. The van der Waals surface area contributed by atoms with Crippen LogP contribution >= 0.6 is 0 Å². The first-order valence-electron chi connectivity index (χ1n) is 10.1. The number of pyridine rings is 1. The number of aryl methyl sites for hydroxylation is 1. The summed E-state index contributed by atoms with van der Waals surface area (Å²) in [5.74, 6) is -1.86. The molecule has 2 heterocycles. The van der Waals surface area contributed by atoms with Crippen LogP contribution in [0.15, 0.2) is 70.2 Å². The molecule has 7 nitrogen and oxygen atoms in total. The molecule has 0 aliphatic rings. The SMILES string of the molecule is Cc1ncc(CO)c2cc(C(=O)Nc3ccccc3F)c(=Nc3ccc(OC(F)(F)F)cc3)oc12. The molecule has 0 aliphatic carbocycles. The number of benzene rings is 2. The molecule has 11 heteroatoms. The standard InChI is InChI=1S/C24H17F4N3O4/c1-13-21-17(14(12-32)11-29-13)10-18(22(33)31-20-5-3-2-4-19(20)25)23(34-21)30-15-6-8-16(9-7-15)35-24(26,27)28/h2-11,32H,12H2,1H3,(H,31,33). The van der Waals surface area contributed by atoms with Gasteiger partial charge in [-0.05, 0) is 49.4 Å². The van der Waals surface area contributed by atoms with E-state index in [1.165, 1.54) is 48.7 Å². The first-order valence-corrected chi connectivity index (χ1v) is 10.1. The van der Waals surface area contributed by atoms with Gasteiger partial charge in [-0.1, -0.05) is 12.1 Å². The summed E-state index contributed by atoms with van der Waals surface area (Å²) < 4.78 is 61.1. The molecule has 180 valence electrons. The Balaban J connectivity index is 1.85. The van der Waals surface area contributed by atoms with E-state index in [1.807, 2.05) is 0 Å². The number of aromatic nitrogens is 1. The van der Waals surface area contributed by atoms with Crippen molar-refractivity contribution >= 4 is 28.3 Å². The lowest BCUT2D eigenvalue weighted by Crippen LogP contribution is -2.22. The summed E-state index contributed by atoms with van der Waals surface area (Å²) >= 11 is 0. The number of fused-ring (bicyclic) bond motifs is 1. The maximum absolute atomic E-state index is 14.1. The molecule has 2 aromatic carbocycles. The second kappa shape index (κ2) is 9.55. The number of nitrogens with zero attached hydrogens (tertiary/aromatic N) is 2. The third kappa shape index (κ3) is 5.46. The molecule has 0 saturated carbocycles. The van der Waals surface area contributed by atoms with Crippen LogP contribution in [0.2, 0.25) is 0 Å². The van der Waals surface area contributed by atoms with Gasteiger partial charge in [0.2, 0.25) is 5.55 Å². The number of carbonyl (C=O) groups excluding carboxylic acids is 1. The van der Waals surface area contributed by atoms with Gasteiger partial charge in [0.1, 0.15) is 17.1 Å². The van der Waals surface area contributed by atoms with Crippen molar-refractivity contribution in [2.75, 3.05) is 5.32 Å². The predicted molar refractivity (Wildman–Crippen MR) is 117 cm³/mol. The maximum Gasteiger partial charge on any atom is 0.573 e. The number of aliphatic hydroxyl groups is 1. The van der Waals surface area contributed by atoms with Crippen molar-refractivity contribution in [1.82, 2.24) is 4.98 Å². The molecule has 0 bridgehead atoms. The number of aliphatic hydroxyl groups excluding tert-OH is 1.